The number of nitrogens with one attached hydrogen (secondary N) is 1. The number of halogens is 1. The second-order valence-corrected chi connectivity index (χ2v) is 5.99. The number of hydrazone groups is 1. The lowest BCUT2D eigenvalue weighted by Crippen LogP contribution is -2.25. The Balaban J connectivity index is 1.93. The second-order valence-electron chi connectivity index (χ2n) is 5.13. The maximum Gasteiger partial charge on any atom is 0.277 e. The molecule has 7 heteroatoms. The van der Waals surface area contributed by atoms with Crippen LogP contribution in [0, 0.1) is 6.92 Å². The van der Waals surface area contributed by atoms with Crippen molar-refractivity contribution >= 4 is 27.5 Å². The molecule has 0 bridgehead atoms. The van der Waals surface area contributed by atoms with E-state index in [2.05, 4.69) is 26.5 Å². The van der Waals surface area contributed by atoms with Gasteiger partial charge in [0.15, 0.2) is 6.61 Å². The van der Waals surface area contributed by atoms with Gasteiger partial charge < -0.3 is 14.9 Å². The summed E-state index contributed by atoms with van der Waals surface area (Å²) in [7, 11) is 0. The molecule has 0 aliphatic heterocycles. The van der Waals surface area contributed by atoms with Crippen LogP contribution in [0.3, 0.4) is 0 Å². The fraction of sp³-hybridized carbons (Fsp3) is 0.176. The number of carbonyl (C=O) groups excluding carboxylic acids is 1. The van der Waals surface area contributed by atoms with Crippen molar-refractivity contribution in [3.63, 3.8) is 0 Å². The molecule has 0 aliphatic rings. The van der Waals surface area contributed by atoms with Crippen molar-refractivity contribution < 1.29 is 19.7 Å². The third kappa shape index (κ3) is 4.73. The van der Waals surface area contributed by atoms with Crippen LogP contribution in [0.1, 0.15) is 18.1 Å². The van der Waals surface area contributed by atoms with Gasteiger partial charge in [0.05, 0.1) is 5.71 Å². The molecule has 0 atom stereocenters. The molecule has 3 N–H and O–H groups in total. The molecule has 1 amide bonds. The fourth-order valence-electron chi connectivity index (χ4n) is 1.92. The molecule has 24 heavy (non-hydrogen) atoms. The minimum Gasteiger partial charge on any atom is -0.508 e. The number of phenols is 2. The lowest BCUT2D eigenvalue weighted by atomic mass is 10.1. The van der Waals surface area contributed by atoms with Gasteiger partial charge in [-0.15, -0.1) is 0 Å². The van der Waals surface area contributed by atoms with Crippen LogP contribution in [-0.2, 0) is 4.79 Å². The van der Waals surface area contributed by atoms with Crippen LogP contribution in [0.2, 0.25) is 0 Å². The third-order valence-electron chi connectivity index (χ3n) is 3.22. The largest absolute Gasteiger partial charge is 0.508 e. The van der Waals surface area contributed by atoms with Crippen molar-refractivity contribution in [1.82, 2.24) is 5.43 Å². The molecule has 0 fully saturated rings. The van der Waals surface area contributed by atoms with Gasteiger partial charge in [-0.3, -0.25) is 4.79 Å². The van der Waals surface area contributed by atoms with E-state index in [0.717, 1.165) is 10.0 Å². The number of nitrogens with zero attached hydrogens (tertiary/aromatic N) is 1. The van der Waals surface area contributed by atoms with E-state index in [1.54, 1.807) is 13.0 Å². The normalized spacial score (nSPS) is 11.2. The van der Waals surface area contributed by atoms with Crippen LogP contribution in [0.4, 0.5) is 0 Å². The first-order valence-corrected chi connectivity index (χ1v) is 7.90. The Morgan fingerprint density at radius 2 is 2.00 bits per heavy atom. The Labute approximate surface area is 147 Å². The molecule has 2 aromatic rings. The third-order valence-corrected chi connectivity index (χ3v) is 4.11. The summed E-state index contributed by atoms with van der Waals surface area (Å²) in [6.07, 6.45) is 0. The SMILES string of the molecule is CC(=NNC(=O)COc1ccc(Br)c(C)c1)c1ccc(O)cc1O. The maximum atomic E-state index is 11.8. The molecule has 0 aliphatic carbocycles. The van der Waals surface area contributed by atoms with Crippen molar-refractivity contribution in [1.29, 1.82) is 0 Å². The van der Waals surface area contributed by atoms with Crippen molar-refractivity contribution in [2.24, 2.45) is 5.10 Å². The molecular weight excluding hydrogens is 376 g/mol. The monoisotopic (exact) mass is 392 g/mol. The number of hydrogen-bond acceptors (Lipinski definition) is 5. The summed E-state index contributed by atoms with van der Waals surface area (Å²) in [5, 5.41) is 22.9. The number of carbonyl (C=O) groups is 1. The molecule has 0 radical (unpaired) electrons. The highest BCUT2D eigenvalue weighted by atomic mass is 79.9. The Morgan fingerprint density at radius 3 is 2.67 bits per heavy atom. The van der Waals surface area contributed by atoms with E-state index in [-0.39, 0.29) is 18.1 Å². The van der Waals surface area contributed by atoms with Gasteiger partial charge in [0, 0.05) is 16.1 Å². The van der Waals surface area contributed by atoms with Gasteiger partial charge in [-0.25, -0.2) is 5.43 Å². The van der Waals surface area contributed by atoms with Crippen LogP contribution >= 0.6 is 15.9 Å². The highest BCUT2D eigenvalue weighted by Gasteiger charge is 2.07. The summed E-state index contributed by atoms with van der Waals surface area (Å²) in [4.78, 5) is 11.8. The summed E-state index contributed by atoms with van der Waals surface area (Å²) in [6, 6.07) is 9.56. The van der Waals surface area contributed by atoms with Crippen molar-refractivity contribution in [2.45, 2.75) is 13.8 Å². The summed E-state index contributed by atoms with van der Waals surface area (Å²) >= 11 is 3.39. The number of aryl methyl sites for hydroxylation is 1. The zero-order valence-corrected chi connectivity index (χ0v) is 14.8. The Hall–Kier alpha value is -2.54. The minimum atomic E-state index is -0.423. The average molecular weight is 393 g/mol. The van der Waals surface area contributed by atoms with E-state index >= 15 is 0 Å². The van der Waals surface area contributed by atoms with Crippen LogP contribution in [0.5, 0.6) is 17.2 Å². The van der Waals surface area contributed by atoms with E-state index in [1.807, 2.05) is 19.1 Å². The van der Waals surface area contributed by atoms with Crippen LogP contribution in [0.25, 0.3) is 0 Å². The number of aromatic hydroxyl groups is 2. The van der Waals surface area contributed by atoms with Gasteiger partial charge in [-0.2, -0.15) is 5.10 Å². The van der Waals surface area contributed by atoms with E-state index in [9.17, 15) is 15.0 Å². The minimum absolute atomic E-state index is 0.0497. The summed E-state index contributed by atoms with van der Waals surface area (Å²) in [5.41, 5.74) is 4.18. The molecule has 126 valence electrons. The van der Waals surface area contributed by atoms with Gasteiger partial charge in [-0.1, -0.05) is 15.9 Å². The number of rotatable bonds is 5. The van der Waals surface area contributed by atoms with Crippen LogP contribution < -0.4 is 10.2 Å². The fourth-order valence-corrected chi connectivity index (χ4v) is 2.17. The van der Waals surface area contributed by atoms with Gasteiger partial charge in [0.1, 0.15) is 17.2 Å². The molecule has 0 spiro atoms. The zero-order chi connectivity index (χ0) is 17.7. The maximum absolute atomic E-state index is 11.8. The lowest BCUT2D eigenvalue weighted by molar-refractivity contribution is -0.123. The van der Waals surface area contributed by atoms with Crippen molar-refractivity contribution in [3.8, 4) is 17.2 Å². The van der Waals surface area contributed by atoms with Crippen molar-refractivity contribution in [3.05, 3.63) is 52.0 Å². The van der Waals surface area contributed by atoms with Crippen LogP contribution in [-0.4, -0.2) is 28.4 Å². The average Bonchev–Trinajstić information content (AvgIpc) is 2.53. The number of phenolic OH excluding ortho intramolecular Hbond substituents is 2. The van der Waals surface area contributed by atoms with Crippen LogP contribution in [0.15, 0.2) is 46.0 Å². The smallest absolute Gasteiger partial charge is 0.277 e. The topological polar surface area (TPSA) is 91.2 Å². The van der Waals surface area contributed by atoms with E-state index in [0.29, 0.717) is 17.0 Å². The molecule has 2 aromatic carbocycles. The predicted octanol–water partition coefficient (Wildman–Crippen LogP) is 3.09. The Morgan fingerprint density at radius 1 is 1.25 bits per heavy atom. The number of amides is 1. The molecule has 0 saturated heterocycles. The first-order chi connectivity index (χ1) is 11.4. The second kappa shape index (κ2) is 7.83. The Bertz CT molecular complexity index is 790. The quantitative estimate of drug-likeness (QED) is 0.538. The summed E-state index contributed by atoms with van der Waals surface area (Å²) in [5.74, 6) is -0.00529. The Kier molecular flexibility index (Phi) is 5.81. The van der Waals surface area contributed by atoms with Gasteiger partial charge in [-0.05, 0) is 49.7 Å². The summed E-state index contributed by atoms with van der Waals surface area (Å²) in [6.45, 7) is 3.37. The highest BCUT2D eigenvalue weighted by Crippen LogP contribution is 2.23. The molecule has 0 heterocycles. The lowest BCUT2D eigenvalue weighted by Gasteiger charge is -2.08. The molecule has 6 nitrogen and oxygen atoms in total. The van der Waals surface area contributed by atoms with Gasteiger partial charge >= 0.3 is 0 Å². The number of hydrogen-bond donors (Lipinski definition) is 3. The molecule has 2 rings (SSSR count). The standard InChI is InChI=1S/C17H17BrN2O4/c1-10-7-13(4-6-15(10)18)24-9-17(23)20-19-11(2)14-5-3-12(21)8-16(14)22/h3-8,21-22H,9H2,1-2H3,(H,20,23). The predicted molar refractivity (Wildman–Crippen MR) is 94.5 cm³/mol. The molecule has 0 unspecified atom stereocenters. The van der Waals surface area contributed by atoms with Crippen molar-refractivity contribution in [2.75, 3.05) is 6.61 Å². The number of benzene rings is 2. The molecular formula is C17H17BrN2O4. The summed E-state index contributed by atoms with van der Waals surface area (Å²) < 4.78 is 6.36. The van der Waals surface area contributed by atoms with Gasteiger partial charge in [0.25, 0.3) is 5.91 Å². The molecule has 0 saturated carbocycles. The number of ether oxygens (including phenoxy) is 1. The molecule has 0 aromatic heterocycles. The van der Waals surface area contributed by atoms with E-state index in [4.69, 9.17) is 4.74 Å². The highest BCUT2D eigenvalue weighted by molar-refractivity contribution is 9.10. The van der Waals surface area contributed by atoms with E-state index in [1.165, 1.54) is 18.2 Å². The van der Waals surface area contributed by atoms with Gasteiger partial charge in [0.2, 0.25) is 0 Å². The first-order valence-electron chi connectivity index (χ1n) is 7.11. The zero-order valence-electron chi connectivity index (χ0n) is 13.2. The first kappa shape index (κ1) is 17.8. The van der Waals surface area contributed by atoms with E-state index < -0.39 is 5.91 Å².